The molecule has 6 heteroatoms. The molecular weight excluding hydrogens is 380 g/mol. The number of benzene rings is 2. The fourth-order valence-electron chi connectivity index (χ4n) is 3.52. The average Bonchev–Trinajstić information content (AvgIpc) is 3.01. The Kier molecular flexibility index (Phi) is 6.90. The maximum atomic E-state index is 12.9. The molecule has 158 valence electrons. The van der Waals surface area contributed by atoms with Gasteiger partial charge in [0.1, 0.15) is 11.5 Å². The van der Waals surface area contributed by atoms with E-state index in [1.165, 1.54) is 4.90 Å². The number of ether oxygens (including phenoxy) is 1. The van der Waals surface area contributed by atoms with Crippen molar-refractivity contribution in [2.45, 2.75) is 19.4 Å². The van der Waals surface area contributed by atoms with Crippen LogP contribution >= 0.6 is 0 Å². The van der Waals surface area contributed by atoms with E-state index in [0.717, 1.165) is 17.7 Å². The maximum Gasteiger partial charge on any atom is 0.295 e. The van der Waals surface area contributed by atoms with Crippen molar-refractivity contribution in [2.24, 2.45) is 0 Å². The Morgan fingerprint density at radius 3 is 2.33 bits per heavy atom. The number of ketones is 1. The summed E-state index contributed by atoms with van der Waals surface area (Å²) in [5.74, 6) is -0.644. The molecule has 0 unspecified atom stereocenters. The van der Waals surface area contributed by atoms with Crippen LogP contribution in [0.2, 0.25) is 0 Å². The summed E-state index contributed by atoms with van der Waals surface area (Å²) < 4.78 is 5.65. The van der Waals surface area contributed by atoms with Gasteiger partial charge in [-0.15, -0.1) is 0 Å². The van der Waals surface area contributed by atoms with Crippen molar-refractivity contribution < 1.29 is 24.3 Å². The third kappa shape index (κ3) is 4.54. The second-order valence-corrected chi connectivity index (χ2v) is 7.73. The molecule has 2 aromatic carbocycles. The van der Waals surface area contributed by atoms with E-state index < -0.39 is 17.7 Å². The minimum Gasteiger partial charge on any atom is -0.507 e. The summed E-state index contributed by atoms with van der Waals surface area (Å²) in [6.45, 7) is 3.76. The smallest absolute Gasteiger partial charge is 0.295 e. The highest BCUT2D eigenvalue weighted by Gasteiger charge is 2.46. The van der Waals surface area contributed by atoms with Crippen LogP contribution in [0.5, 0.6) is 5.75 Å². The Bertz CT molecular complexity index is 920. The fourth-order valence-corrected chi connectivity index (χ4v) is 3.52. The van der Waals surface area contributed by atoms with Crippen molar-refractivity contribution in [3.8, 4) is 5.75 Å². The number of rotatable bonds is 8. The standard InChI is InChI=1S/C24H28N2O4/c1-4-16-30-19-12-10-17(11-13-19)21-20(22(27)18-8-6-5-7-9-18)23(28)24(29)26(21)15-14-25(2)3/h5-13,21,27H,4,14-16H2,1-3H3/p+1/b22-20+/t21-/m1/s1. The van der Waals surface area contributed by atoms with Gasteiger partial charge in [0, 0.05) is 5.56 Å². The molecule has 1 saturated heterocycles. The normalized spacial score (nSPS) is 18.3. The molecule has 30 heavy (non-hydrogen) atoms. The number of Topliss-reactive ketones (excluding diaryl/α,β-unsaturated/α-hetero) is 1. The van der Waals surface area contributed by atoms with Crippen LogP contribution in [0.3, 0.4) is 0 Å². The molecule has 0 aromatic heterocycles. The number of quaternary nitrogens is 1. The molecule has 0 radical (unpaired) electrons. The molecule has 0 bridgehead atoms. The highest BCUT2D eigenvalue weighted by Crippen LogP contribution is 2.39. The molecule has 2 N–H and O–H groups in total. The van der Waals surface area contributed by atoms with Crippen LogP contribution in [0.15, 0.2) is 60.2 Å². The van der Waals surface area contributed by atoms with E-state index in [9.17, 15) is 14.7 Å². The van der Waals surface area contributed by atoms with Crippen molar-refractivity contribution in [1.29, 1.82) is 0 Å². The van der Waals surface area contributed by atoms with Gasteiger partial charge in [0.15, 0.2) is 0 Å². The quantitative estimate of drug-likeness (QED) is 0.398. The third-order valence-corrected chi connectivity index (χ3v) is 5.11. The minimum atomic E-state index is -0.651. The Balaban J connectivity index is 2.05. The predicted molar refractivity (Wildman–Crippen MR) is 115 cm³/mol. The maximum absolute atomic E-state index is 12.9. The lowest BCUT2D eigenvalue weighted by Crippen LogP contribution is -3.06. The number of likely N-dealkylation sites (N-methyl/N-ethyl adjacent to an activating group) is 1. The Hall–Kier alpha value is -3.12. The second kappa shape index (κ2) is 9.59. The third-order valence-electron chi connectivity index (χ3n) is 5.11. The van der Waals surface area contributed by atoms with E-state index in [-0.39, 0.29) is 11.3 Å². The highest BCUT2D eigenvalue weighted by molar-refractivity contribution is 6.46. The van der Waals surface area contributed by atoms with Gasteiger partial charge in [-0.25, -0.2) is 0 Å². The summed E-state index contributed by atoms with van der Waals surface area (Å²) in [4.78, 5) is 28.5. The number of hydrogen-bond donors (Lipinski definition) is 2. The van der Waals surface area contributed by atoms with Gasteiger partial charge in [0.05, 0.1) is 45.4 Å². The minimum absolute atomic E-state index is 0.127. The van der Waals surface area contributed by atoms with Crippen LogP contribution in [-0.2, 0) is 9.59 Å². The zero-order valence-electron chi connectivity index (χ0n) is 17.7. The number of aliphatic hydroxyl groups is 1. The van der Waals surface area contributed by atoms with Gasteiger partial charge in [-0.05, 0) is 24.1 Å². The number of nitrogens with zero attached hydrogens (tertiary/aromatic N) is 1. The molecule has 1 aliphatic rings. The van der Waals surface area contributed by atoms with E-state index >= 15 is 0 Å². The molecule has 1 aliphatic heterocycles. The zero-order valence-corrected chi connectivity index (χ0v) is 17.7. The number of likely N-dealkylation sites (tertiary alicyclic amines) is 1. The van der Waals surface area contributed by atoms with Crippen LogP contribution in [0.25, 0.3) is 5.76 Å². The molecule has 1 atom stereocenters. The molecule has 1 fully saturated rings. The molecule has 1 heterocycles. The molecule has 0 saturated carbocycles. The van der Waals surface area contributed by atoms with Gasteiger partial charge >= 0.3 is 0 Å². The van der Waals surface area contributed by atoms with Gasteiger partial charge in [0.25, 0.3) is 11.7 Å². The SMILES string of the molecule is CCCOc1ccc([C@@H]2/C(=C(\O)c3ccccc3)C(=O)C(=O)N2CC[NH+](C)C)cc1. The van der Waals surface area contributed by atoms with Gasteiger partial charge in [-0.2, -0.15) is 0 Å². The van der Waals surface area contributed by atoms with Crippen LogP contribution in [0, 0.1) is 0 Å². The first kappa shape index (κ1) is 21.6. The number of hydrogen-bond acceptors (Lipinski definition) is 4. The zero-order chi connectivity index (χ0) is 21.7. The summed E-state index contributed by atoms with van der Waals surface area (Å²) in [6.07, 6.45) is 0.909. The number of carbonyl (C=O) groups excluding carboxylic acids is 2. The largest absolute Gasteiger partial charge is 0.507 e. The van der Waals surface area contributed by atoms with Gasteiger partial charge < -0.3 is 19.6 Å². The van der Waals surface area contributed by atoms with Crippen LogP contribution in [0.1, 0.15) is 30.5 Å². The Morgan fingerprint density at radius 1 is 1.07 bits per heavy atom. The van der Waals surface area contributed by atoms with E-state index in [1.54, 1.807) is 29.2 Å². The monoisotopic (exact) mass is 409 g/mol. The van der Waals surface area contributed by atoms with Crippen molar-refractivity contribution in [3.63, 3.8) is 0 Å². The Labute approximate surface area is 177 Å². The molecule has 1 amide bonds. The molecule has 0 spiro atoms. The van der Waals surface area contributed by atoms with E-state index in [0.29, 0.717) is 25.3 Å². The lowest BCUT2D eigenvalue weighted by atomic mass is 9.95. The van der Waals surface area contributed by atoms with E-state index in [1.807, 2.05) is 51.4 Å². The lowest BCUT2D eigenvalue weighted by molar-refractivity contribution is -0.857. The number of aliphatic hydroxyl groups excluding tert-OH is 1. The van der Waals surface area contributed by atoms with Gasteiger partial charge in [-0.1, -0.05) is 49.4 Å². The van der Waals surface area contributed by atoms with Crippen molar-refractivity contribution in [1.82, 2.24) is 4.90 Å². The Morgan fingerprint density at radius 2 is 1.73 bits per heavy atom. The molecule has 0 aliphatic carbocycles. The molecule has 2 aromatic rings. The van der Waals surface area contributed by atoms with E-state index in [2.05, 4.69) is 0 Å². The van der Waals surface area contributed by atoms with E-state index in [4.69, 9.17) is 4.74 Å². The highest BCUT2D eigenvalue weighted by atomic mass is 16.5. The molecule has 3 rings (SSSR count). The summed E-state index contributed by atoms with van der Waals surface area (Å²) >= 11 is 0. The van der Waals surface area contributed by atoms with Crippen LogP contribution in [0.4, 0.5) is 0 Å². The molecule has 6 nitrogen and oxygen atoms in total. The summed E-state index contributed by atoms with van der Waals surface area (Å²) in [5, 5.41) is 11.0. The summed E-state index contributed by atoms with van der Waals surface area (Å²) in [6, 6.07) is 15.6. The summed E-state index contributed by atoms with van der Waals surface area (Å²) in [5.41, 5.74) is 1.41. The van der Waals surface area contributed by atoms with Gasteiger partial charge in [0.2, 0.25) is 0 Å². The van der Waals surface area contributed by atoms with Gasteiger partial charge in [-0.3, -0.25) is 9.59 Å². The van der Waals surface area contributed by atoms with Crippen LogP contribution < -0.4 is 9.64 Å². The first-order valence-electron chi connectivity index (χ1n) is 10.3. The topological polar surface area (TPSA) is 71.3 Å². The van der Waals surface area contributed by atoms with Crippen molar-refractivity contribution >= 4 is 17.4 Å². The van der Waals surface area contributed by atoms with Crippen molar-refractivity contribution in [2.75, 3.05) is 33.8 Å². The predicted octanol–water partition coefficient (Wildman–Crippen LogP) is 2.04. The number of amides is 1. The first-order chi connectivity index (χ1) is 14.4. The first-order valence-corrected chi connectivity index (χ1v) is 10.3. The fraction of sp³-hybridized carbons (Fsp3) is 0.333. The second-order valence-electron chi connectivity index (χ2n) is 7.73. The summed E-state index contributed by atoms with van der Waals surface area (Å²) in [7, 11) is 3.99. The average molecular weight is 410 g/mol. The van der Waals surface area contributed by atoms with Crippen molar-refractivity contribution in [3.05, 3.63) is 71.3 Å². The van der Waals surface area contributed by atoms with Crippen LogP contribution in [-0.4, -0.2) is 55.5 Å². The lowest BCUT2D eigenvalue weighted by Gasteiger charge is -2.25. The number of carbonyl (C=O) groups is 2. The number of nitrogens with one attached hydrogen (secondary N) is 1. The molecular formula is C24H29N2O4+.